The second-order valence-corrected chi connectivity index (χ2v) is 4.53. The fourth-order valence-electron chi connectivity index (χ4n) is 2.29. The molecule has 4 nitrogen and oxygen atoms in total. The van der Waals surface area contributed by atoms with Crippen LogP contribution in [0.15, 0.2) is 42.5 Å². The first-order chi connectivity index (χ1) is 10.2. The maximum absolute atomic E-state index is 13.6. The van der Waals surface area contributed by atoms with Gasteiger partial charge in [-0.3, -0.25) is 0 Å². The quantitative estimate of drug-likeness (QED) is 0.781. The summed E-state index contributed by atoms with van der Waals surface area (Å²) in [4.78, 5) is 0. The van der Waals surface area contributed by atoms with Crippen molar-refractivity contribution in [3.63, 3.8) is 0 Å². The molecular weight excluding hydrogens is 267 g/mol. The van der Waals surface area contributed by atoms with Gasteiger partial charge in [-0.25, -0.2) is 4.39 Å². The lowest BCUT2D eigenvalue weighted by molar-refractivity contribution is 0.628. The van der Waals surface area contributed by atoms with Gasteiger partial charge in [-0.2, -0.15) is 5.26 Å². The maximum Gasteiger partial charge on any atom is 0.156 e. The standard InChI is InChI=1S/C16H11FN4/c1-19-16-14-5-3-2-4-13(14)15(20-21-16)11-6-10(9-18)7-12(17)8-11/h2-8H,1H3,(H,19,21). The van der Waals surface area contributed by atoms with E-state index >= 15 is 0 Å². The van der Waals surface area contributed by atoms with Gasteiger partial charge in [-0.05, 0) is 18.2 Å². The Balaban J connectivity index is 2.31. The molecule has 3 aromatic rings. The van der Waals surface area contributed by atoms with Crippen LogP contribution in [0.5, 0.6) is 0 Å². The normalized spacial score (nSPS) is 10.3. The lowest BCUT2D eigenvalue weighted by Gasteiger charge is -2.09. The summed E-state index contributed by atoms with van der Waals surface area (Å²) in [5, 5.41) is 22.0. The zero-order chi connectivity index (χ0) is 14.8. The van der Waals surface area contributed by atoms with Gasteiger partial charge in [0.25, 0.3) is 0 Å². The van der Waals surface area contributed by atoms with Crippen molar-refractivity contribution in [2.24, 2.45) is 0 Å². The lowest BCUT2D eigenvalue weighted by Crippen LogP contribution is -1.98. The SMILES string of the molecule is CNc1nnc(-c2cc(F)cc(C#N)c2)c2ccccc12. The molecule has 21 heavy (non-hydrogen) atoms. The number of anilines is 1. The summed E-state index contributed by atoms with van der Waals surface area (Å²) in [6.45, 7) is 0. The summed E-state index contributed by atoms with van der Waals surface area (Å²) >= 11 is 0. The van der Waals surface area contributed by atoms with Crippen LogP contribution in [0.25, 0.3) is 22.0 Å². The molecule has 0 spiro atoms. The highest BCUT2D eigenvalue weighted by molar-refractivity contribution is 6.00. The third kappa shape index (κ3) is 2.28. The van der Waals surface area contributed by atoms with E-state index in [2.05, 4.69) is 15.5 Å². The molecule has 0 aliphatic heterocycles. The fourth-order valence-corrected chi connectivity index (χ4v) is 2.29. The van der Waals surface area contributed by atoms with Gasteiger partial charge in [0.2, 0.25) is 0 Å². The molecule has 0 fully saturated rings. The Hall–Kier alpha value is -3.00. The zero-order valence-electron chi connectivity index (χ0n) is 11.3. The summed E-state index contributed by atoms with van der Waals surface area (Å²) in [5.41, 5.74) is 1.35. The van der Waals surface area contributed by atoms with Gasteiger partial charge in [-0.15, -0.1) is 10.2 Å². The average molecular weight is 278 g/mol. The smallest absolute Gasteiger partial charge is 0.156 e. The van der Waals surface area contributed by atoms with Gasteiger partial charge >= 0.3 is 0 Å². The number of benzene rings is 2. The predicted octanol–water partition coefficient (Wildman–Crippen LogP) is 3.35. The van der Waals surface area contributed by atoms with Crippen LogP contribution in [0.2, 0.25) is 0 Å². The highest BCUT2D eigenvalue weighted by Crippen LogP contribution is 2.30. The number of nitrogens with zero attached hydrogens (tertiary/aromatic N) is 3. The highest BCUT2D eigenvalue weighted by Gasteiger charge is 2.11. The van der Waals surface area contributed by atoms with Crippen LogP contribution in [-0.4, -0.2) is 17.2 Å². The van der Waals surface area contributed by atoms with Gasteiger partial charge < -0.3 is 5.32 Å². The number of hydrogen-bond donors (Lipinski definition) is 1. The molecule has 0 aliphatic carbocycles. The molecule has 1 aromatic heterocycles. The molecule has 0 aliphatic rings. The Morgan fingerprint density at radius 1 is 1.10 bits per heavy atom. The number of nitrogens with one attached hydrogen (secondary N) is 1. The molecular formula is C16H11FN4. The highest BCUT2D eigenvalue weighted by atomic mass is 19.1. The predicted molar refractivity (Wildman–Crippen MR) is 79.2 cm³/mol. The number of hydrogen-bond acceptors (Lipinski definition) is 4. The van der Waals surface area contributed by atoms with Crippen molar-refractivity contribution in [3.05, 3.63) is 53.8 Å². The van der Waals surface area contributed by atoms with Crippen LogP contribution in [-0.2, 0) is 0 Å². The maximum atomic E-state index is 13.6. The third-order valence-corrected chi connectivity index (χ3v) is 3.22. The van der Waals surface area contributed by atoms with Crippen molar-refractivity contribution in [1.82, 2.24) is 10.2 Å². The molecule has 5 heteroatoms. The second kappa shape index (κ2) is 5.17. The Bertz CT molecular complexity index is 868. The first kappa shape index (κ1) is 13.0. The minimum atomic E-state index is -0.465. The van der Waals surface area contributed by atoms with Crippen LogP contribution >= 0.6 is 0 Å². The van der Waals surface area contributed by atoms with Crippen LogP contribution in [0.1, 0.15) is 5.56 Å². The summed E-state index contributed by atoms with van der Waals surface area (Å²) in [5.74, 6) is 0.193. The molecule has 0 radical (unpaired) electrons. The van der Waals surface area contributed by atoms with Crippen molar-refractivity contribution in [2.75, 3.05) is 12.4 Å². The monoisotopic (exact) mass is 278 g/mol. The Morgan fingerprint density at radius 2 is 1.86 bits per heavy atom. The molecule has 1 heterocycles. The number of aromatic nitrogens is 2. The topological polar surface area (TPSA) is 61.6 Å². The van der Waals surface area contributed by atoms with E-state index in [9.17, 15) is 4.39 Å². The first-order valence-electron chi connectivity index (χ1n) is 6.37. The molecule has 102 valence electrons. The molecule has 0 saturated carbocycles. The molecule has 0 atom stereocenters. The minimum Gasteiger partial charge on any atom is -0.371 e. The van der Waals surface area contributed by atoms with Gasteiger partial charge in [0.15, 0.2) is 5.82 Å². The van der Waals surface area contributed by atoms with E-state index in [4.69, 9.17) is 5.26 Å². The van der Waals surface area contributed by atoms with Gasteiger partial charge in [0.05, 0.1) is 11.6 Å². The third-order valence-electron chi connectivity index (χ3n) is 3.22. The van der Waals surface area contributed by atoms with Crippen molar-refractivity contribution in [3.8, 4) is 17.3 Å². The minimum absolute atomic E-state index is 0.258. The van der Waals surface area contributed by atoms with Gasteiger partial charge in [-0.1, -0.05) is 24.3 Å². The molecule has 0 unspecified atom stereocenters. The van der Waals surface area contributed by atoms with E-state index in [0.717, 1.165) is 10.8 Å². The molecule has 1 N–H and O–H groups in total. The largest absolute Gasteiger partial charge is 0.371 e. The van der Waals surface area contributed by atoms with Crippen LogP contribution in [0, 0.1) is 17.1 Å². The van der Waals surface area contributed by atoms with Crippen LogP contribution in [0.4, 0.5) is 10.2 Å². The molecule has 0 saturated heterocycles. The van der Waals surface area contributed by atoms with Gasteiger partial charge in [0.1, 0.15) is 11.5 Å². The Labute approximate surface area is 120 Å². The van der Waals surface area contributed by atoms with Crippen LogP contribution < -0.4 is 5.32 Å². The number of rotatable bonds is 2. The molecule has 2 aromatic carbocycles. The van der Waals surface area contributed by atoms with Crippen LogP contribution in [0.3, 0.4) is 0 Å². The summed E-state index contributed by atoms with van der Waals surface area (Å²) < 4.78 is 13.6. The summed E-state index contributed by atoms with van der Waals surface area (Å²) in [7, 11) is 1.77. The lowest BCUT2D eigenvalue weighted by atomic mass is 10.0. The van der Waals surface area contributed by atoms with Gasteiger partial charge in [0, 0.05) is 23.4 Å². The summed E-state index contributed by atoms with van der Waals surface area (Å²) in [6.07, 6.45) is 0. The van der Waals surface area contributed by atoms with E-state index in [-0.39, 0.29) is 5.56 Å². The Morgan fingerprint density at radius 3 is 2.57 bits per heavy atom. The zero-order valence-corrected chi connectivity index (χ0v) is 11.3. The van der Waals surface area contributed by atoms with Crippen molar-refractivity contribution < 1.29 is 4.39 Å². The molecule has 0 bridgehead atoms. The van der Waals surface area contributed by atoms with E-state index in [1.165, 1.54) is 12.1 Å². The van der Waals surface area contributed by atoms with Crippen molar-refractivity contribution in [1.29, 1.82) is 5.26 Å². The van der Waals surface area contributed by atoms with E-state index in [0.29, 0.717) is 17.1 Å². The second-order valence-electron chi connectivity index (χ2n) is 4.53. The van der Waals surface area contributed by atoms with Crippen molar-refractivity contribution >= 4 is 16.6 Å². The Kier molecular flexibility index (Phi) is 3.20. The summed E-state index contributed by atoms with van der Waals surface area (Å²) in [6, 6.07) is 13.7. The first-order valence-corrected chi connectivity index (χ1v) is 6.37. The molecule has 3 rings (SSSR count). The fraction of sp³-hybridized carbons (Fsp3) is 0.0625. The van der Waals surface area contributed by atoms with E-state index in [1.807, 2.05) is 30.3 Å². The van der Waals surface area contributed by atoms with E-state index in [1.54, 1.807) is 13.1 Å². The van der Waals surface area contributed by atoms with Crippen molar-refractivity contribution in [2.45, 2.75) is 0 Å². The molecule has 0 amide bonds. The number of nitriles is 1. The number of fused-ring (bicyclic) bond motifs is 1. The number of halogens is 1. The van der Waals surface area contributed by atoms with E-state index < -0.39 is 5.82 Å². The average Bonchev–Trinajstić information content (AvgIpc) is 2.53.